The first-order valence-electron chi connectivity index (χ1n) is 6.94. The summed E-state index contributed by atoms with van der Waals surface area (Å²) in [4.78, 5) is 12.1. The molecule has 6 heteroatoms. The molecule has 0 bridgehead atoms. The number of hydrogen-bond donors (Lipinski definition) is 1. The van der Waals surface area contributed by atoms with Crippen LogP contribution >= 0.6 is 0 Å². The van der Waals surface area contributed by atoms with Gasteiger partial charge in [0.1, 0.15) is 0 Å². The van der Waals surface area contributed by atoms with Gasteiger partial charge in [-0.15, -0.1) is 0 Å². The molecule has 20 heavy (non-hydrogen) atoms. The van der Waals surface area contributed by atoms with Crippen molar-refractivity contribution in [2.75, 3.05) is 19.6 Å². The Labute approximate surface area is 120 Å². The van der Waals surface area contributed by atoms with Crippen molar-refractivity contribution in [2.45, 2.75) is 31.1 Å². The van der Waals surface area contributed by atoms with E-state index in [2.05, 4.69) is 5.32 Å². The van der Waals surface area contributed by atoms with E-state index in [0.29, 0.717) is 19.6 Å². The summed E-state index contributed by atoms with van der Waals surface area (Å²) >= 11 is 0. The molecule has 0 spiro atoms. The number of hydrogen-bond acceptors (Lipinski definition) is 3. The molecule has 1 saturated heterocycles. The molecule has 110 valence electrons. The molecule has 1 aliphatic heterocycles. The zero-order chi connectivity index (χ0) is 14.6. The molecule has 1 amide bonds. The number of piperidine rings is 1. The quantitative estimate of drug-likeness (QED) is 0.918. The SMILES string of the molecule is CCNC(=O)c1ccccc1S(=O)(=O)N1CCCCC1. The molecule has 1 aromatic rings. The molecule has 0 aromatic heterocycles. The van der Waals surface area contributed by atoms with Gasteiger partial charge in [-0.05, 0) is 31.9 Å². The van der Waals surface area contributed by atoms with Crippen molar-refractivity contribution in [2.24, 2.45) is 0 Å². The van der Waals surface area contributed by atoms with Crippen LogP contribution in [0.15, 0.2) is 29.2 Å². The molecule has 1 aromatic carbocycles. The molecule has 1 heterocycles. The van der Waals surface area contributed by atoms with Gasteiger partial charge >= 0.3 is 0 Å². The Morgan fingerprint density at radius 1 is 1.20 bits per heavy atom. The van der Waals surface area contributed by atoms with Crippen LogP contribution < -0.4 is 5.32 Å². The maximum Gasteiger partial charge on any atom is 0.252 e. The van der Waals surface area contributed by atoms with E-state index in [-0.39, 0.29) is 16.4 Å². The summed E-state index contributed by atoms with van der Waals surface area (Å²) in [5, 5.41) is 2.66. The molecule has 0 radical (unpaired) electrons. The van der Waals surface area contributed by atoms with Gasteiger partial charge in [0.05, 0.1) is 10.5 Å². The number of carbonyl (C=O) groups excluding carboxylic acids is 1. The Morgan fingerprint density at radius 2 is 1.85 bits per heavy atom. The Hall–Kier alpha value is -1.40. The lowest BCUT2D eigenvalue weighted by Gasteiger charge is -2.26. The first kappa shape index (κ1) is 15.0. The summed E-state index contributed by atoms with van der Waals surface area (Å²) < 4.78 is 26.8. The first-order chi connectivity index (χ1) is 9.57. The number of nitrogens with zero attached hydrogens (tertiary/aromatic N) is 1. The van der Waals surface area contributed by atoms with Gasteiger partial charge in [-0.3, -0.25) is 4.79 Å². The fourth-order valence-electron chi connectivity index (χ4n) is 2.38. The monoisotopic (exact) mass is 296 g/mol. The van der Waals surface area contributed by atoms with Crippen molar-refractivity contribution < 1.29 is 13.2 Å². The Kier molecular flexibility index (Phi) is 4.77. The van der Waals surface area contributed by atoms with E-state index in [1.165, 1.54) is 10.4 Å². The number of rotatable bonds is 4. The van der Waals surface area contributed by atoms with E-state index in [1.54, 1.807) is 25.1 Å². The van der Waals surface area contributed by atoms with E-state index >= 15 is 0 Å². The van der Waals surface area contributed by atoms with E-state index in [1.807, 2.05) is 0 Å². The maximum atomic E-state index is 12.7. The van der Waals surface area contributed by atoms with E-state index < -0.39 is 10.0 Å². The number of amides is 1. The second kappa shape index (κ2) is 6.37. The zero-order valence-electron chi connectivity index (χ0n) is 11.6. The van der Waals surface area contributed by atoms with Crippen LogP contribution in [0.5, 0.6) is 0 Å². The lowest BCUT2D eigenvalue weighted by molar-refractivity contribution is 0.0952. The van der Waals surface area contributed by atoms with Crippen molar-refractivity contribution in [1.29, 1.82) is 0 Å². The first-order valence-corrected chi connectivity index (χ1v) is 8.38. The van der Waals surface area contributed by atoms with Gasteiger partial charge in [-0.25, -0.2) is 8.42 Å². The Balaban J connectivity index is 2.38. The maximum absolute atomic E-state index is 12.7. The van der Waals surface area contributed by atoms with Gasteiger partial charge in [0.25, 0.3) is 5.91 Å². The smallest absolute Gasteiger partial charge is 0.252 e. The third-order valence-corrected chi connectivity index (χ3v) is 5.36. The molecule has 0 aliphatic carbocycles. The van der Waals surface area contributed by atoms with Crippen LogP contribution in [0.2, 0.25) is 0 Å². The molecular weight excluding hydrogens is 276 g/mol. The normalized spacial score (nSPS) is 16.9. The summed E-state index contributed by atoms with van der Waals surface area (Å²) in [6, 6.07) is 6.40. The van der Waals surface area contributed by atoms with E-state index in [9.17, 15) is 13.2 Å². The van der Waals surface area contributed by atoms with Crippen molar-refractivity contribution in [1.82, 2.24) is 9.62 Å². The van der Waals surface area contributed by atoms with Crippen LogP contribution in [-0.4, -0.2) is 38.3 Å². The highest BCUT2D eigenvalue weighted by molar-refractivity contribution is 7.89. The topological polar surface area (TPSA) is 66.5 Å². The van der Waals surface area contributed by atoms with Gasteiger partial charge < -0.3 is 5.32 Å². The summed E-state index contributed by atoms with van der Waals surface area (Å²) in [5.74, 6) is -0.344. The number of nitrogens with one attached hydrogen (secondary N) is 1. The van der Waals surface area contributed by atoms with Crippen molar-refractivity contribution >= 4 is 15.9 Å². The third kappa shape index (κ3) is 3.02. The standard InChI is InChI=1S/C14H20N2O3S/c1-2-15-14(17)12-8-4-5-9-13(12)20(18,19)16-10-6-3-7-11-16/h4-5,8-9H,2-3,6-7,10-11H2,1H3,(H,15,17). The minimum atomic E-state index is -3.58. The molecule has 1 aliphatic rings. The Morgan fingerprint density at radius 3 is 2.50 bits per heavy atom. The van der Waals surface area contributed by atoms with Crippen LogP contribution in [-0.2, 0) is 10.0 Å². The number of benzene rings is 1. The second-order valence-electron chi connectivity index (χ2n) is 4.82. The highest BCUT2D eigenvalue weighted by Gasteiger charge is 2.29. The second-order valence-corrected chi connectivity index (χ2v) is 6.73. The molecule has 0 saturated carbocycles. The van der Waals surface area contributed by atoms with Gasteiger partial charge in [0, 0.05) is 19.6 Å². The lowest BCUT2D eigenvalue weighted by Crippen LogP contribution is -2.37. The molecular formula is C14H20N2O3S. The predicted octanol–water partition coefficient (Wildman–Crippen LogP) is 1.61. The van der Waals surface area contributed by atoms with Crippen molar-refractivity contribution in [3.05, 3.63) is 29.8 Å². The van der Waals surface area contributed by atoms with Crippen LogP contribution in [0, 0.1) is 0 Å². The Bertz CT molecular complexity index is 578. The van der Waals surface area contributed by atoms with E-state index in [0.717, 1.165) is 19.3 Å². The summed E-state index contributed by atoms with van der Waals surface area (Å²) in [6.45, 7) is 3.34. The summed E-state index contributed by atoms with van der Waals surface area (Å²) in [7, 11) is -3.58. The summed E-state index contributed by atoms with van der Waals surface area (Å²) in [6.07, 6.45) is 2.81. The highest BCUT2D eigenvalue weighted by Crippen LogP contribution is 2.23. The largest absolute Gasteiger partial charge is 0.352 e. The van der Waals surface area contributed by atoms with Gasteiger partial charge in [0.15, 0.2) is 0 Å². The molecule has 5 nitrogen and oxygen atoms in total. The molecule has 1 N–H and O–H groups in total. The molecule has 1 fully saturated rings. The van der Waals surface area contributed by atoms with Gasteiger partial charge in [-0.1, -0.05) is 18.6 Å². The third-order valence-electron chi connectivity index (χ3n) is 3.40. The molecule has 0 unspecified atom stereocenters. The molecule has 2 rings (SSSR count). The van der Waals surface area contributed by atoms with Gasteiger partial charge in [0.2, 0.25) is 10.0 Å². The number of sulfonamides is 1. The van der Waals surface area contributed by atoms with Crippen molar-refractivity contribution in [3.63, 3.8) is 0 Å². The minimum absolute atomic E-state index is 0.104. The van der Waals surface area contributed by atoms with Crippen LogP contribution in [0.25, 0.3) is 0 Å². The zero-order valence-corrected chi connectivity index (χ0v) is 12.4. The van der Waals surface area contributed by atoms with Crippen LogP contribution in [0.3, 0.4) is 0 Å². The van der Waals surface area contributed by atoms with Crippen LogP contribution in [0.4, 0.5) is 0 Å². The fraction of sp³-hybridized carbons (Fsp3) is 0.500. The van der Waals surface area contributed by atoms with Gasteiger partial charge in [-0.2, -0.15) is 4.31 Å². The highest BCUT2D eigenvalue weighted by atomic mass is 32.2. The van der Waals surface area contributed by atoms with Crippen LogP contribution in [0.1, 0.15) is 36.5 Å². The fourth-order valence-corrected chi connectivity index (χ4v) is 4.09. The molecule has 0 atom stereocenters. The number of carbonyl (C=O) groups is 1. The minimum Gasteiger partial charge on any atom is -0.352 e. The average molecular weight is 296 g/mol. The average Bonchev–Trinajstić information content (AvgIpc) is 2.48. The van der Waals surface area contributed by atoms with E-state index in [4.69, 9.17) is 0 Å². The van der Waals surface area contributed by atoms with Crippen molar-refractivity contribution in [3.8, 4) is 0 Å². The summed E-state index contributed by atoms with van der Waals surface area (Å²) in [5.41, 5.74) is 0.222. The lowest BCUT2D eigenvalue weighted by atomic mass is 10.2. The predicted molar refractivity (Wildman–Crippen MR) is 77.1 cm³/mol.